The minimum atomic E-state index is -3.89. The van der Waals surface area contributed by atoms with E-state index in [0.717, 1.165) is 0 Å². The van der Waals surface area contributed by atoms with E-state index in [9.17, 15) is 9.36 Å². The molecule has 1 aromatic rings. The first-order valence-corrected chi connectivity index (χ1v) is 9.83. The molecule has 1 amide bonds. The summed E-state index contributed by atoms with van der Waals surface area (Å²) in [6, 6.07) is 6.25. The van der Waals surface area contributed by atoms with Crippen molar-refractivity contribution >= 4 is 48.3 Å². The van der Waals surface area contributed by atoms with Gasteiger partial charge in [-0.3, -0.25) is 9.36 Å². The van der Waals surface area contributed by atoms with Crippen LogP contribution >= 0.6 is 42.4 Å². The first-order chi connectivity index (χ1) is 11.2. The van der Waals surface area contributed by atoms with Crippen LogP contribution in [-0.2, 0) is 13.6 Å². The summed E-state index contributed by atoms with van der Waals surface area (Å²) < 4.78 is 26.2. The number of carbonyl (C=O) groups is 1. The summed E-state index contributed by atoms with van der Waals surface area (Å²) in [5.74, 6) is -1.48. The summed E-state index contributed by atoms with van der Waals surface area (Å²) in [5.41, 5.74) is 0.273. The van der Waals surface area contributed by atoms with Crippen LogP contribution in [0.25, 0.3) is 0 Å². The van der Waals surface area contributed by atoms with E-state index in [1.807, 2.05) is 0 Å². The third-order valence-corrected chi connectivity index (χ3v) is 6.36. The van der Waals surface area contributed by atoms with Crippen molar-refractivity contribution in [3.05, 3.63) is 29.8 Å². The van der Waals surface area contributed by atoms with Crippen LogP contribution in [0.5, 0.6) is 5.75 Å². The highest BCUT2D eigenvalue weighted by molar-refractivity contribution is 7.55. The lowest BCUT2D eigenvalue weighted by molar-refractivity contribution is 0.0938. The number of benzene rings is 1. The van der Waals surface area contributed by atoms with Crippen molar-refractivity contribution in [1.29, 1.82) is 0 Å². The number of ether oxygens (including phenoxy) is 1. The van der Waals surface area contributed by atoms with Crippen molar-refractivity contribution in [2.45, 2.75) is 23.4 Å². The average Bonchev–Trinajstić information content (AvgIpc) is 2.51. The number of rotatable bonds is 8. The average molecular weight is 419 g/mol. The predicted octanol–water partition coefficient (Wildman–Crippen LogP) is 4.39. The molecule has 0 unspecified atom stereocenters. The molecular formula is C14H19Cl3NO5P. The number of carbonyl (C=O) groups excluding carboxylic acids is 1. The topological polar surface area (TPSA) is 73.9 Å². The van der Waals surface area contributed by atoms with Gasteiger partial charge in [-0.15, -0.1) is 0 Å². The minimum Gasteiger partial charge on any atom is -0.497 e. The zero-order valence-electron chi connectivity index (χ0n) is 13.4. The van der Waals surface area contributed by atoms with E-state index in [-0.39, 0.29) is 18.8 Å². The second-order valence-corrected chi connectivity index (χ2v) is 9.00. The first kappa shape index (κ1) is 21.6. The van der Waals surface area contributed by atoms with E-state index in [2.05, 4.69) is 5.32 Å². The third kappa shape index (κ3) is 5.80. The Morgan fingerprint density at radius 1 is 1.17 bits per heavy atom. The van der Waals surface area contributed by atoms with E-state index < -0.39 is 23.1 Å². The number of methoxy groups -OCH3 is 1. The van der Waals surface area contributed by atoms with Crippen LogP contribution in [0, 0.1) is 0 Å². The Labute approximate surface area is 156 Å². The number of alkyl halides is 3. The molecule has 0 fully saturated rings. The molecule has 0 aliphatic rings. The largest absolute Gasteiger partial charge is 0.497 e. The van der Waals surface area contributed by atoms with Gasteiger partial charge >= 0.3 is 7.60 Å². The third-order valence-electron chi connectivity index (χ3n) is 2.86. The molecule has 1 N–H and O–H groups in total. The smallest absolute Gasteiger partial charge is 0.357 e. The Bertz CT molecular complexity index is 581. The zero-order valence-corrected chi connectivity index (χ0v) is 16.6. The van der Waals surface area contributed by atoms with Gasteiger partial charge in [-0.05, 0) is 38.1 Å². The monoisotopic (exact) mass is 417 g/mol. The molecule has 0 aliphatic carbocycles. The van der Waals surface area contributed by atoms with Crippen molar-refractivity contribution < 1.29 is 23.1 Å². The fourth-order valence-corrected chi connectivity index (χ4v) is 4.80. The summed E-state index contributed by atoms with van der Waals surface area (Å²) >= 11 is 17.7. The number of amides is 1. The van der Waals surface area contributed by atoms with Crippen molar-refractivity contribution in [1.82, 2.24) is 5.32 Å². The Kier molecular flexibility index (Phi) is 8.33. The van der Waals surface area contributed by atoms with Crippen molar-refractivity contribution in [3.63, 3.8) is 0 Å². The summed E-state index contributed by atoms with van der Waals surface area (Å²) in [7, 11) is -2.38. The molecule has 10 heteroatoms. The van der Waals surface area contributed by atoms with Crippen molar-refractivity contribution in [3.8, 4) is 5.75 Å². The van der Waals surface area contributed by atoms with Gasteiger partial charge in [-0.25, -0.2) is 0 Å². The van der Waals surface area contributed by atoms with Gasteiger partial charge in [0, 0.05) is 5.56 Å². The van der Waals surface area contributed by atoms with Crippen molar-refractivity contribution in [2.75, 3.05) is 20.3 Å². The standard InChI is InChI=1S/C14H19Cl3NO5P/c1-4-22-24(20,23-5-2)13(14(15,16)17)18-12(19)10-6-8-11(21-3)9-7-10/h6-9,13H,4-5H2,1-3H3,(H,18,19)/t13-/m1/s1. The van der Waals surface area contributed by atoms with E-state index in [1.165, 1.54) is 19.2 Å². The molecule has 0 aromatic heterocycles. The van der Waals surface area contributed by atoms with Crippen LogP contribution in [0.2, 0.25) is 0 Å². The summed E-state index contributed by atoms with van der Waals surface area (Å²) in [6.45, 7) is 3.36. The molecule has 136 valence electrons. The molecule has 0 saturated carbocycles. The van der Waals surface area contributed by atoms with Crippen LogP contribution in [0.15, 0.2) is 24.3 Å². The lowest BCUT2D eigenvalue weighted by Gasteiger charge is -2.31. The molecule has 1 rings (SSSR count). The SMILES string of the molecule is CCOP(=O)(OCC)[C@@H](NC(=O)c1ccc(OC)cc1)C(Cl)(Cl)Cl. The van der Waals surface area contributed by atoms with E-state index in [0.29, 0.717) is 5.75 Å². The summed E-state index contributed by atoms with van der Waals surface area (Å²) in [6.07, 6.45) is 0. The molecule has 0 bridgehead atoms. The maximum atomic E-state index is 12.9. The highest BCUT2D eigenvalue weighted by atomic mass is 35.6. The van der Waals surface area contributed by atoms with Gasteiger partial charge in [0.05, 0.1) is 20.3 Å². The molecule has 1 atom stereocenters. The summed E-state index contributed by atoms with van der Waals surface area (Å²) in [5, 5.41) is 2.43. The van der Waals surface area contributed by atoms with Crippen LogP contribution in [-0.4, -0.2) is 35.8 Å². The van der Waals surface area contributed by atoms with Gasteiger partial charge in [0.25, 0.3) is 5.91 Å². The normalized spacial score (nSPS) is 13.4. The summed E-state index contributed by atoms with van der Waals surface area (Å²) in [4.78, 5) is 12.4. The van der Waals surface area contributed by atoms with Crippen LogP contribution in [0.1, 0.15) is 24.2 Å². The molecule has 0 heterocycles. The second-order valence-electron chi connectivity index (χ2n) is 4.52. The zero-order chi connectivity index (χ0) is 18.4. The van der Waals surface area contributed by atoms with E-state index in [1.54, 1.807) is 26.0 Å². The maximum Gasteiger partial charge on any atom is 0.357 e. The molecule has 1 aromatic carbocycles. The minimum absolute atomic E-state index is 0.0624. The Balaban J connectivity index is 3.08. The number of hydrogen-bond donors (Lipinski definition) is 1. The Morgan fingerprint density at radius 2 is 1.67 bits per heavy atom. The Morgan fingerprint density at radius 3 is 2.04 bits per heavy atom. The van der Waals surface area contributed by atoms with Crippen LogP contribution < -0.4 is 10.1 Å². The number of nitrogens with one attached hydrogen (secondary N) is 1. The first-order valence-electron chi connectivity index (χ1n) is 7.08. The van der Waals surface area contributed by atoms with Gasteiger partial charge in [-0.1, -0.05) is 34.8 Å². The number of hydrogen-bond acceptors (Lipinski definition) is 5. The van der Waals surface area contributed by atoms with Gasteiger partial charge in [0.1, 0.15) is 5.75 Å². The number of halogens is 3. The highest BCUT2D eigenvalue weighted by Crippen LogP contribution is 2.58. The molecule has 6 nitrogen and oxygen atoms in total. The molecule has 0 aliphatic heterocycles. The van der Waals surface area contributed by atoms with Gasteiger partial charge in [-0.2, -0.15) is 0 Å². The Hall–Kier alpha value is -0.490. The lowest BCUT2D eigenvalue weighted by Crippen LogP contribution is -2.44. The highest BCUT2D eigenvalue weighted by Gasteiger charge is 2.49. The lowest BCUT2D eigenvalue weighted by atomic mass is 10.2. The second kappa shape index (κ2) is 9.27. The van der Waals surface area contributed by atoms with Gasteiger partial charge in [0.2, 0.25) is 3.79 Å². The maximum absolute atomic E-state index is 12.9. The van der Waals surface area contributed by atoms with Crippen LogP contribution in [0.3, 0.4) is 0 Å². The van der Waals surface area contributed by atoms with E-state index in [4.69, 9.17) is 48.6 Å². The van der Waals surface area contributed by atoms with Gasteiger partial charge in [0.15, 0.2) is 5.78 Å². The molecule has 0 saturated heterocycles. The van der Waals surface area contributed by atoms with Crippen molar-refractivity contribution in [2.24, 2.45) is 0 Å². The van der Waals surface area contributed by atoms with Gasteiger partial charge < -0.3 is 19.1 Å². The molecule has 0 spiro atoms. The molecule has 0 radical (unpaired) electrons. The molecule has 24 heavy (non-hydrogen) atoms. The van der Waals surface area contributed by atoms with E-state index >= 15 is 0 Å². The predicted molar refractivity (Wildman–Crippen MR) is 95.4 cm³/mol. The fraction of sp³-hybridized carbons (Fsp3) is 0.500. The quantitative estimate of drug-likeness (QED) is 0.501. The fourth-order valence-electron chi connectivity index (χ4n) is 1.84. The van der Waals surface area contributed by atoms with Crippen LogP contribution in [0.4, 0.5) is 0 Å². The molecular weight excluding hydrogens is 399 g/mol.